The molecular weight excluding hydrogens is 377 g/mol. The molecule has 0 bridgehead atoms. The van der Waals surface area contributed by atoms with E-state index in [-0.39, 0.29) is 23.3 Å². The number of sulfonamides is 1. The van der Waals surface area contributed by atoms with Crippen LogP contribution in [-0.4, -0.2) is 32.4 Å². The summed E-state index contributed by atoms with van der Waals surface area (Å²) in [6, 6.07) is 12.6. The van der Waals surface area contributed by atoms with Gasteiger partial charge in [-0.25, -0.2) is 17.5 Å². The van der Waals surface area contributed by atoms with Gasteiger partial charge in [0, 0.05) is 31.4 Å². The lowest BCUT2D eigenvalue weighted by molar-refractivity contribution is 0.200. The third-order valence-corrected chi connectivity index (χ3v) is 5.93. The number of rotatable bonds is 5. The number of hydrogen-bond donors (Lipinski definition) is 2. The number of benzene rings is 2. The third kappa shape index (κ3) is 5.41. The van der Waals surface area contributed by atoms with Crippen molar-refractivity contribution in [2.75, 3.05) is 18.8 Å². The molecule has 0 amide bonds. The van der Waals surface area contributed by atoms with Crippen molar-refractivity contribution in [3.8, 4) is 0 Å². The van der Waals surface area contributed by atoms with E-state index >= 15 is 0 Å². The molecule has 0 radical (unpaired) electrons. The molecule has 1 heterocycles. The van der Waals surface area contributed by atoms with Crippen molar-refractivity contribution in [2.45, 2.75) is 30.3 Å². The van der Waals surface area contributed by atoms with E-state index in [4.69, 9.17) is 5.73 Å². The van der Waals surface area contributed by atoms with Crippen LogP contribution in [-0.2, 0) is 16.6 Å². The molecule has 2 aromatic carbocycles. The van der Waals surface area contributed by atoms with Crippen molar-refractivity contribution < 1.29 is 12.8 Å². The van der Waals surface area contributed by atoms with Crippen molar-refractivity contribution in [2.24, 2.45) is 0 Å². The van der Waals surface area contributed by atoms with Gasteiger partial charge in [-0.05, 0) is 54.8 Å². The quantitative estimate of drug-likeness (QED) is 0.758. The lowest BCUT2D eigenvalue weighted by atomic mass is 10.1. The van der Waals surface area contributed by atoms with Crippen LogP contribution in [0, 0.1) is 5.82 Å². The lowest BCUT2D eigenvalue weighted by Crippen LogP contribution is -2.44. The number of nitrogens with zero attached hydrogens (tertiary/aromatic N) is 1. The molecule has 1 fully saturated rings. The Morgan fingerprint density at radius 1 is 1.12 bits per heavy atom. The third-order valence-electron chi connectivity index (χ3n) is 4.39. The molecule has 3 rings (SSSR count). The standard InChI is InChI=1S/C18H22FN3O2S.ClH/c19-15-4-6-18(7-5-15)25(23,24)21-17-8-10-22(11-9-17)13-14-2-1-3-16(20)12-14;/h1-7,12,17,21H,8-11,13,20H2;1H. The van der Waals surface area contributed by atoms with Crippen LogP contribution in [0.4, 0.5) is 10.1 Å². The highest BCUT2D eigenvalue weighted by Crippen LogP contribution is 2.18. The molecule has 26 heavy (non-hydrogen) atoms. The van der Waals surface area contributed by atoms with E-state index in [0.29, 0.717) is 0 Å². The Labute approximate surface area is 159 Å². The Bertz CT molecular complexity index is 823. The minimum Gasteiger partial charge on any atom is -0.399 e. The maximum absolute atomic E-state index is 13.0. The first-order valence-corrected chi connectivity index (χ1v) is 9.75. The molecule has 1 aliphatic rings. The average molecular weight is 400 g/mol. The van der Waals surface area contributed by atoms with E-state index in [1.54, 1.807) is 0 Å². The Balaban J connectivity index is 0.00000243. The summed E-state index contributed by atoms with van der Waals surface area (Å²) in [5.74, 6) is -0.450. The van der Waals surface area contributed by atoms with Gasteiger partial charge >= 0.3 is 0 Å². The number of nitrogens with one attached hydrogen (secondary N) is 1. The van der Waals surface area contributed by atoms with Gasteiger partial charge in [0.05, 0.1) is 4.90 Å². The molecule has 0 saturated carbocycles. The fourth-order valence-corrected chi connectivity index (χ4v) is 4.36. The summed E-state index contributed by atoms with van der Waals surface area (Å²) in [5, 5.41) is 0. The second kappa shape index (κ2) is 8.81. The Kier molecular flexibility index (Phi) is 7.00. The van der Waals surface area contributed by atoms with Gasteiger partial charge in [0.1, 0.15) is 5.82 Å². The first-order chi connectivity index (χ1) is 11.9. The number of anilines is 1. The lowest BCUT2D eigenvalue weighted by Gasteiger charge is -2.32. The molecule has 0 atom stereocenters. The minimum atomic E-state index is -3.61. The van der Waals surface area contributed by atoms with Crippen LogP contribution in [0.2, 0.25) is 0 Å². The highest BCUT2D eigenvalue weighted by molar-refractivity contribution is 7.89. The number of nitrogens with two attached hydrogens (primary N) is 1. The first-order valence-electron chi connectivity index (χ1n) is 8.27. The van der Waals surface area contributed by atoms with Gasteiger partial charge in [0.25, 0.3) is 0 Å². The normalized spacial score (nSPS) is 16.2. The minimum absolute atomic E-state index is 0. The summed E-state index contributed by atoms with van der Waals surface area (Å²) in [4.78, 5) is 2.38. The van der Waals surface area contributed by atoms with E-state index < -0.39 is 15.8 Å². The molecule has 142 valence electrons. The molecule has 1 aliphatic heterocycles. The smallest absolute Gasteiger partial charge is 0.240 e. The van der Waals surface area contributed by atoms with Gasteiger partial charge in [-0.3, -0.25) is 4.90 Å². The van der Waals surface area contributed by atoms with Crippen molar-refractivity contribution >= 4 is 28.1 Å². The summed E-state index contributed by atoms with van der Waals surface area (Å²) < 4.78 is 40.4. The van der Waals surface area contributed by atoms with Gasteiger partial charge in [-0.1, -0.05) is 12.1 Å². The Hall–Kier alpha value is -1.67. The topological polar surface area (TPSA) is 75.4 Å². The van der Waals surface area contributed by atoms with Gasteiger partial charge in [0.15, 0.2) is 0 Å². The van der Waals surface area contributed by atoms with E-state index in [1.165, 1.54) is 12.1 Å². The van der Waals surface area contributed by atoms with Crippen LogP contribution < -0.4 is 10.5 Å². The van der Waals surface area contributed by atoms with E-state index in [1.807, 2.05) is 24.3 Å². The van der Waals surface area contributed by atoms with Crippen LogP contribution in [0.15, 0.2) is 53.4 Å². The fourth-order valence-electron chi connectivity index (χ4n) is 3.06. The molecule has 5 nitrogen and oxygen atoms in total. The highest BCUT2D eigenvalue weighted by atomic mass is 35.5. The van der Waals surface area contributed by atoms with Crippen LogP contribution >= 0.6 is 12.4 Å². The highest BCUT2D eigenvalue weighted by Gasteiger charge is 2.24. The van der Waals surface area contributed by atoms with Crippen molar-refractivity contribution in [1.29, 1.82) is 0 Å². The summed E-state index contributed by atoms with van der Waals surface area (Å²) >= 11 is 0. The summed E-state index contributed by atoms with van der Waals surface area (Å²) in [7, 11) is -3.61. The molecule has 1 saturated heterocycles. The summed E-state index contributed by atoms with van der Waals surface area (Å²) in [6.07, 6.45) is 1.48. The van der Waals surface area contributed by atoms with Crippen molar-refractivity contribution in [1.82, 2.24) is 9.62 Å². The molecule has 3 N–H and O–H groups in total. The predicted octanol–water partition coefficient (Wildman–Crippen LogP) is 2.77. The van der Waals surface area contributed by atoms with Crippen molar-refractivity contribution in [3.05, 3.63) is 59.9 Å². The van der Waals surface area contributed by atoms with Crippen LogP contribution in [0.25, 0.3) is 0 Å². The van der Waals surface area contributed by atoms with E-state index in [2.05, 4.69) is 9.62 Å². The number of piperidine rings is 1. The SMILES string of the molecule is Cl.Nc1cccc(CN2CCC(NS(=O)(=O)c3ccc(F)cc3)CC2)c1. The van der Waals surface area contributed by atoms with Crippen LogP contribution in [0.1, 0.15) is 18.4 Å². The molecular formula is C18H23ClFN3O2S. The summed E-state index contributed by atoms with van der Waals surface area (Å²) in [6.45, 7) is 2.43. The van der Waals surface area contributed by atoms with Gasteiger partial charge in [0.2, 0.25) is 10.0 Å². The van der Waals surface area contributed by atoms with Gasteiger partial charge in [-0.2, -0.15) is 0 Å². The zero-order valence-corrected chi connectivity index (χ0v) is 15.9. The number of hydrogen-bond acceptors (Lipinski definition) is 4. The molecule has 0 aromatic heterocycles. The first kappa shape index (κ1) is 20.6. The van der Waals surface area contributed by atoms with Crippen molar-refractivity contribution in [3.63, 3.8) is 0 Å². The average Bonchev–Trinajstić information content (AvgIpc) is 2.57. The second-order valence-corrected chi connectivity index (χ2v) is 8.08. The molecule has 0 spiro atoms. The molecule has 0 unspecified atom stereocenters. The van der Waals surface area contributed by atoms with Crippen LogP contribution in [0.5, 0.6) is 0 Å². The number of halogens is 2. The maximum atomic E-state index is 13.0. The van der Waals surface area contributed by atoms with E-state index in [9.17, 15) is 12.8 Å². The molecule has 2 aromatic rings. The molecule has 0 aliphatic carbocycles. The Morgan fingerprint density at radius 2 is 1.77 bits per heavy atom. The zero-order valence-electron chi connectivity index (χ0n) is 14.3. The monoisotopic (exact) mass is 399 g/mol. The predicted molar refractivity (Wildman–Crippen MR) is 103 cm³/mol. The molecule has 8 heteroatoms. The number of likely N-dealkylation sites (tertiary alicyclic amines) is 1. The largest absolute Gasteiger partial charge is 0.399 e. The maximum Gasteiger partial charge on any atom is 0.240 e. The number of nitrogen functional groups attached to an aromatic ring is 1. The van der Waals surface area contributed by atoms with Gasteiger partial charge < -0.3 is 5.73 Å². The van der Waals surface area contributed by atoms with Gasteiger partial charge in [-0.15, -0.1) is 12.4 Å². The Morgan fingerprint density at radius 3 is 2.38 bits per heavy atom. The fraction of sp³-hybridized carbons (Fsp3) is 0.333. The second-order valence-electron chi connectivity index (χ2n) is 6.37. The van der Waals surface area contributed by atoms with E-state index in [0.717, 1.165) is 55.9 Å². The summed E-state index contributed by atoms with van der Waals surface area (Å²) in [5.41, 5.74) is 7.71. The van der Waals surface area contributed by atoms with Crippen LogP contribution in [0.3, 0.4) is 0 Å². The zero-order chi connectivity index (χ0) is 17.9.